The molecule has 0 saturated heterocycles. The van der Waals surface area contributed by atoms with Gasteiger partial charge < -0.3 is 19.9 Å². The summed E-state index contributed by atoms with van der Waals surface area (Å²) in [6.45, 7) is 8.35. The Morgan fingerprint density at radius 2 is 1.88 bits per heavy atom. The van der Waals surface area contributed by atoms with E-state index in [0.29, 0.717) is 31.0 Å². The topological polar surface area (TPSA) is 91.8 Å². The summed E-state index contributed by atoms with van der Waals surface area (Å²) in [5.41, 5.74) is 2.96. The van der Waals surface area contributed by atoms with Crippen molar-refractivity contribution in [3.63, 3.8) is 0 Å². The molecule has 0 aliphatic carbocycles. The zero-order chi connectivity index (χ0) is 23.5. The van der Waals surface area contributed by atoms with E-state index in [2.05, 4.69) is 10.3 Å². The lowest BCUT2D eigenvalue weighted by Gasteiger charge is -2.27. The van der Waals surface area contributed by atoms with Gasteiger partial charge in [-0.25, -0.2) is 0 Å². The largest absolute Gasteiger partial charge is 0.459 e. The van der Waals surface area contributed by atoms with Crippen LogP contribution >= 0.6 is 0 Å². The molecule has 0 saturated carbocycles. The maximum atomic E-state index is 13.0. The van der Waals surface area contributed by atoms with Crippen LogP contribution in [0.2, 0.25) is 0 Å². The fourth-order valence-electron chi connectivity index (χ4n) is 3.83. The molecule has 1 aromatic carbocycles. The minimum atomic E-state index is -1.12. The maximum absolute atomic E-state index is 13.0. The molecule has 1 aromatic heterocycles. The lowest BCUT2D eigenvalue weighted by molar-refractivity contribution is -0.142. The molecule has 0 fully saturated rings. The number of ether oxygens (including phenoxy) is 1. The van der Waals surface area contributed by atoms with E-state index in [1.165, 1.54) is 6.92 Å². The third kappa shape index (κ3) is 4.65. The van der Waals surface area contributed by atoms with Crippen LogP contribution in [0.1, 0.15) is 44.5 Å². The summed E-state index contributed by atoms with van der Waals surface area (Å²) in [6, 6.07) is 9.58. The van der Waals surface area contributed by atoms with Crippen molar-refractivity contribution in [3.05, 3.63) is 53.3 Å². The van der Waals surface area contributed by atoms with Gasteiger partial charge in [0.05, 0.1) is 17.1 Å². The Hall–Kier alpha value is -3.26. The standard InChI is InChI=1S/C24H30N4O4/c1-6-28-20-10-9-17(12-21(20)27(5)22(30)24(3,4)23(28)31)13-25-14-18-8-7-11-26-19(18)15-32-16(2)29/h7-12,25H,6,13-15H2,1-5H3. The number of amides is 2. The van der Waals surface area contributed by atoms with E-state index in [4.69, 9.17) is 4.74 Å². The second kappa shape index (κ2) is 9.48. The summed E-state index contributed by atoms with van der Waals surface area (Å²) in [5, 5.41) is 3.38. The number of hydrogen-bond acceptors (Lipinski definition) is 6. The smallest absolute Gasteiger partial charge is 0.303 e. The highest BCUT2D eigenvalue weighted by Gasteiger charge is 2.45. The molecular weight excluding hydrogens is 408 g/mol. The summed E-state index contributed by atoms with van der Waals surface area (Å²) >= 11 is 0. The zero-order valence-corrected chi connectivity index (χ0v) is 19.3. The Bertz CT molecular complexity index is 1030. The second-order valence-electron chi connectivity index (χ2n) is 8.35. The molecule has 0 unspecified atom stereocenters. The van der Waals surface area contributed by atoms with Crippen molar-refractivity contribution in [3.8, 4) is 0 Å². The molecule has 8 heteroatoms. The number of rotatable bonds is 7. The van der Waals surface area contributed by atoms with Gasteiger partial charge in [0.15, 0.2) is 0 Å². The van der Waals surface area contributed by atoms with Gasteiger partial charge in [-0.1, -0.05) is 12.1 Å². The number of carbonyl (C=O) groups excluding carboxylic acids is 3. The first kappa shape index (κ1) is 23.4. The monoisotopic (exact) mass is 438 g/mol. The summed E-state index contributed by atoms with van der Waals surface area (Å²) in [6.07, 6.45) is 1.67. The van der Waals surface area contributed by atoms with E-state index in [-0.39, 0.29) is 24.4 Å². The first-order valence-corrected chi connectivity index (χ1v) is 10.7. The van der Waals surface area contributed by atoms with E-state index in [9.17, 15) is 14.4 Å². The van der Waals surface area contributed by atoms with E-state index in [1.807, 2.05) is 37.3 Å². The van der Waals surface area contributed by atoms with E-state index in [0.717, 1.165) is 16.8 Å². The number of pyridine rings is 1. The lowest BCUT2D eigenvalue weighted by atomic mass is 9.90. The van der Waals surface area contributed by atoms with E-state index >= 15 is 0 Å². The molecule has 2 heterocycles. The third-order valence-corrected chi connectivity index (χ3v) is 5.67. The summed E-state index contributed by atoms with van der Waals surface area (Å²) in [5.74, 6) is -0.769. The fourth-order valence-corrected chi connectivity index (χ4v) is 3.83. The number of anilines is 2. The third-order valence-electron chi connectivity index (χ3n) is 5.67. The molecule has 32 heavy (non-hydrogen) atoms. The second-order valence-corrected chi connectivity index (χ2v) is 8.35. The van der Waals surface area contributed by atoms with Crippen molar-refractivity contribution in [2.24, 2.45) is 5.41 Å². The molecule has 2 aromatic rings. The Morgan fingerprint density at radius 3 is 2.56 bits per heavy atom. The number of benzene rings is 1. The van der Waals surface area contributed by atoms with Gasteiger partial charge in [-0.3, -0.25) is 19.4 Å². The van der Waals surface area contributed by atoms with Crippen LogP contribution in [0, 0.1) is 5.41 Å². The highest BCUT2D eigenvalue weighted by molar-refractivity contribution is 6.19. The molecule has 170 valence electrons. The maximum Gasteiger partial charge on any atom is 0.303 e. The number of aromatic nitrogens is 1. The van der Waals surface area contributed by atoms with Gasteiger partial charge in [-0.05, 0) is 50.1 Å². The summed E-state index contributed by atoms with van der Waals surface area (Å²) in [4.78, 5) is 44.6. The highest BCUT2D eigenvalue weighted by atomic mass is 16.5. The van der Waals surface area contributed by atoms with Gasteiger partial charge in [0.2, 0.25) is 11.8 Å². The van der Waals surface area contributed by atoms with E-state index in [1.54, 1.807) is 36.9 Å². The molecule has 0 radical (unpaired) electrons. The Balaban J connectivity index is 1.78. The quantitative estimate of drug-likeness (QED) is 0.528. The molecule has 1 aliphatic heterocycles. The minimum absolute atomic E-state index is 0.135. The number of nitrogens with zero attached hydrogens (tertiary/aromatic N) is 3. The first-order valence-electron chi connectivity index (χ1n) is 10.7. The number of fused-ring (bicyclic) bond motifs is 1. The van der Waals surface area contributed by atoms with Crippen molar-refractivity contribution in [2.75, 3.05) is 23.4 Å². The van der Waals surface area contributed by atoms with Gasteiger partial charge in [0, 0.05) is 39.8 Å². The molecule has 1 N–H and O–H groups in total. The Morgan fingerprint density at radius 1 is 1.12 bits per heavy atom. The van der Waals surface area contributed by atoms with Crippen molar-refractivity contribution >= 4 is 29.2 Å². The van der Waals surface area contributed by atoms with Gasteiger partial charge in [-0.2, -0.15) is 0 Å². The molecule has 8 nitrogen and oxygen atoms in total. The Labute approximate surface area is 188 Å². The van der Waals surface area contributed by atoms with Crippen LogP contribution in [0.3, 0.4) is 0 Å². The van der Waals surface area contributed by atoms with E-state index < -0.39 is 5.41 Å². The summed E-state index contributed by atoms with van der Waals surface area (Å²) < 4.78 is 5.08. The van der Waals surface area contributed by atoms with Crippen LogP contribution in [0.5, 0.6) is 0 Å². The SMILES string of the molecule is CCN1C(=O)C(C)(C)C(=O)N(C)c2cc(CNCc3cccnc3COC(C)=O)ccc21. The van der Waals surface area contributed by atoms with Crippen LogP contribution in [-0.4, -0.2) is 36.4 Å². The predicted molar refractivity (Wildman–Crippen MR) is 122 cm³/mol. The number of carbonyl (C=O) groups is 3. The molecule has 3 rings (SSSR count). The number of nitrogens with one attached hydrogen (secondary N) is 1. The van der Waals surface area contributed by atoms with Crippen LogP contribution in [0.4, 0.5) is 11.4 Å². The average Bonchev–Trinajstić information content (AvgIpc) is 2.82. The average molecular weight is 439 g/mol. The van der Waals surface area contributed by atoms with Gasteiger partial charge in [0.25, 0.3) is 0 Å². The lowest BCUT2D eigenvalue weighted by Crippen LogP contribution is -2.47. The minimum Gasteiger partial charge on any atom is -0.459 e. The molecule has 0 spiro atoms. The molecule has 0 atom stereocenters. The normalized spacial score (nSPS) is 15.4. The van der Waals surface area contributed by atoms with Gasteiger partial charge in [0.1, 0.15) is 12.0 Å². The highest BCUT2D eigenvalue weighted by Crippen LogP contribution is 2.38. The van der Waals surface area contributed by atoms with Crippen molar-refractivity contribution in [1.82, 2.24) is 10.3 Å². The van der Waals surface area contributed by atoms with Crippen LogP contribution < -0.4 is 15.1 Å². The molecule has 2 amide bonds. The van der Waals surface area contributed by atoms with Crippen molar-refractivity contribution < 1.29 is 19.1 Å². The first-order chi connectivity index (χ1) is 15.2. The van der Waals surface area contributed by atoms with Gasteiger partial charge >= 0.3 is 5.97 Å². The number of hydrogen-bond donors (Lipinski definition) is 1. The predicted octanol–water partition coefficient (Wildman–Crippen LogP) is 2.79. The van der Waals surface area contributed by atoms with Crippen LogP contribution in [-0.2, 0) is 38.8 Å². The van der Waals surface area contributed by atoms with Gasteiger partial charge in [-0.15, -0.1) is 0 Å². The molecular formula is C24H30N4O4. The zero-order valence-electron chi connectivity index (χ0n) is 19.3. The Kier molecular flexibility index (Phi) is 6.93. The molecule has 1 aliphatic rings. The molecule has 0 bridgehead atoms. The van der Waals surface area contributed by atoms with Crippen LogP contribution in [0.15, 0.2) is 36.5 Å². The summed E-state index contributed by atoms with van der Waals surface area (Å²) in [7, 11) is 1.71. The number of esters is 1. The fraction of sp³-hybridized carbons (Fsp3) is 0.417. The van der Waals surface area contributed by atoms with Crippen molar-refractivity contribution in [1.29, 1.82) is 0 Å². The van der Waals surface area contributed by atoms with Crippen LogP contribution in [0.25, 0.3) is 0 Å². The van der Waals surface area contributed by atoms with Crippen molar-refractivity contribution in [2.45, 2.75) is 47.4 Å².